The lowest BCUT2D eigenvalue weighted by atomic mass is 10.1. The summed E-state index contributed by atoms with van der Waals surface area (Å²) in [4.78, 5) is 16.3. The van der Waals surface area contributed by atoms with Gasteiger partial charge in [0.25, 0.3) is 15.9 Å². The van der Waals surface area contributed by atoms with E-state index in [1.807, 2.05) is 4.90 Å². The zero-order valence-electron chi connectivity index (χ0n) is 16.1. The Kier molecular flexibility index (Phi) is 5.12. The van der Waals surface area contributed by atoms with Crippen molar-refractivity contribution in [1.29, 1.82) is 0 Å². The lowest BCUT2D eigenvalue weighted by molar-refractivity contribution is 0.0784. The minimum absolute atomic E-state index is 0.0631. The Labute approximate surface area is 169 Å². The minimum atomic E-state index is -3.85. The summed E-state index contributed by atoms with van der Waals surface area (Å²) in [6.07, 6.45) is 3.55. The number of anilines is 1. The maximum absolute atomic E-state index is 13.4. The van der Waals surface area contributed by atoms with Gasteiger partial charge in [-0.3, -0.25) is 4.79 Å². The second kappa shape index (κ2) is 7.59. The smallest absolute Gasteiger partial charge is 0.286 e. The molecule has 152 valence electrons. The summed E-state index contributed by atoms with van der Waals surface area (Å²) < 4.78 is 42.9. The average molecular weight is 415 g/mol. The number of sulfonamides is 1. The molecule has 2 aromatic rings. The van der Waals surface area contributed by atoms with Crippen molar-refractivity contribution in [3.05, 3.63) is 59.4 Å². The predicted molar refractivity (Wildman–Crippen MR) is 109 cm³/mol. The summed E-state index contributed by atoms with van der Waals surface area (Å²) in [5, 5.41) is 0. The van der Waals surface area contributed by atoms with Gasteiger partial charge in [0.1, 0.15) is 16.5 Å². The SMILES string of the molecule is CN(Cc1cccc(F)c1)C(=O)c1ccc2c(c1)S(=O)(=O)N=C1CCCCCN12. The molecule has 1 saturated heterocycles. The van der Waals surface area contributed by atoms with E-state index in [1.165, 1.54) is 23.1 Å². The second-order valence-corrected chi connectivity index (χ2v) is 8.99. The highest BCUT2D eigenvalue weighted by atomic mass is 32.2. The van der Waals surface area contributed by atoms with Crippen molar-refractivity contribution < 1.29 is 17.6 Å². The summed E-state index contributed by atoms with van der Waals surface area (Å²) in [6, 6.07) is 10.8. The molecule has 0 aromatic heterocycles. The third-order valence-corrected chi connectivity index (χ3v) is 6.58. The van der Waals surface area contributed by atoms with E-state index in [9.17, 15) is 17.6 Å². The van der Waals surface area contributed by atoms with Gasteiger partial charge in [-0.15, -0.1) is 4.40 Å². The van der Waals surface area contributed by atoms with Crippen LogP contribution in [0.2, 0.25) is 0 Å². The summed E-state index contributed by atoms with van der Waals surface area (Å²) >= 11 is 0. The minimum Gasteiger partial charge on any atom is -0.337 e. The van der Waals surface area contributed by atoms with Crippen molar-refractivity contribution in [2.75, 3.05) is 18.5 Å². The van der Waals surface area contributed by atoms with E-state index in [2.05, 4.69) is 4.40 Å². The molecule has 4 rings (SSSR count). The highest BCUT2D eigenvalue weighted by Gasteiger charge is 2.32. The zero-order valence-corrected chi connectivity index (χ0v) is 17.0. The molecule has 0 spiro atoms. The molecule has 2 aliphatic rings. The molecule has 0 aliphatic carbocycles. The molecule has 2 heterocycles. The van der Waals surface area contributed by atoms with Gasteiger partial charge in [-0.25, -0.2) is 4.39 Å². The Balaban J connectivity index is 1.64. The molecule has 29 heavy (non-hydrogen) atoms. The molecule has 0 saturated carbocycles. The Hall–Kier alpha value is -2.74. The molecule has 1 amide bonds. The molecule has 0 bridgehead atoms. The van der Waals surface area contributed by atoms with Crippen LogP contribution in [-0.4, -0.2) is 38.7 Å². The van der Waals surface area contributed by atoms with Crippen molar-refractivity contribution in [2.24, 2.45) is 4.40 Å². The monoisotopic (exact) mass is 415 g/mol. The largest absolute Gasteiger partial charge is 0.337 e. The number of benzene rings is 2. The molecule has 0 unspecified atom stereocenters. The molecule has 0 atom stereocenters. The van der Waals surface area contributed by atoms with Crippen LogP contribution in [0.25, 0.3) is 0 Å². The lowest BCUT2D eigenvalue weighted by Gasteiger charge is -2.30. The second-order valence-electron chi connectivity index (χ2n) is 7.42. The van der Waals surface area contributed by atoms with E-state index in [0.29, 0.717) is 30.1 Å². The van der Waals surface area contributed by atoms with E-state index < -0.39 is 10.0 Å². The van der Waals surface area contributed by atoms with Crippen LogP contribution < -0.4 is 4.90 Å². The first kappa shape index (κ1) is 19.6. The summed E-state index contributed by atoms with van der Waals surface area (Å²) in [6.45, 7) is 0.934. The molecule has 2 aromatic carbocycles. The van der Waals surface area contributed by atoms with Crippen molar-refractivity contribution in [2.45, 2.75) is 37.1 Å². The van der Waals surface area contributed by atoms with Crippen LogP contribution >= 0.6 is 0 Å². The maximum Gasteiger partial charge on any atom is 0.286 e. The molecule has 0 N–H and O–H groups in total. The predicted octanol–water partition coefficient (Wildman–Crippen LogP) is 3.58. The molecule has 6 nitrogen and oxygen atoms in total. The van der Waals surface area contributed by atoms with Crippen molar-refractivity contribution in [1.82, 2.24) is 4.90 Å². The number of halogens is 1. The number of hydrogen-bond donors (Lipinski definition) is 0. The van der Waals surface area contributed by atoms with E-state index in [4.69, 9.17) is 0 Å². The third kappa shape index (κ3) is 3.89. The first-order valence-corrected chi connectivity index (χ1v) is 11.0. The fourth-order valence-electron chi connectivity index (χ4n) is 3.81. The van der Waals surface area contributed by atoms with Crippen LogP contribution in [0.4, 0.5) is 10.1 Å². The standard InChI is InChI=1S/C21H22FN3O3S/c1-24(14-15-6-5-7-17(22)12-15)21(26)16-9-10-18-19(13-16)29(27,28)23-20-8-3-2-4-11-25(18)20/h5-7,9-10,12-13H,2-4,8,11,14H2,1H3. The van der Waals surface area contributed by atoms with Crippen molar-refractivity contribution in [3.8, 4) is 0 Å². The fourth-order valence-corrected chi connectivity index (χ4v) is 5.10. The number of rotatable bonds is 3. The number of nitrogens with zero attached hydrogens (tertiary/aromatic N) is 3. The Morgan fingerprint density at radius 2 is 2.00 bits per heavy atom. The molecule has 2 aliphatic heterocycles. The van der Waals surface area contributed by atoms with Crippen LogP contribution in [0.5, 0.6) is 0 Å². The number of amidine groups is 1. The molecular weight excluding hydrogens is 393 g/mol. The van der Waals surface area contributed by atoms with Gasteiger partial charge < -0.3 is 9.80 Å². The highest BCUT2D eigenvalue weighted by Crippen LogP contribution is 2.35. The maximum atomic E-state index is 13.4. The van der Waals surface area contributed by atoms with Gasteiger partial charge in [-0.1, -0.05) is 18.6 Å². The Morgan fingerprint density at radius 3 is 2.79 bits per heavy atom. The van der Waals surface area contributed by atoms with Gasteiger partial charge in [-0.2, -0.15) is 8.42 Å². The van der Waals surface area contributed by atoms with Gasteiger partial charge in [0.15, 0.2) is 0 Å². The van der Waals surface area contributed by atoms with Gasteiger partial charge in [-0.05, 0) is 48.7 Å². The van der Waals surface area contributed by atoms with Crippen LogP contribution in [0.15, 0.2) is 51.8 Å². The van der Waals surface area contributed by atoms with Crippen LogP contribution in [0, 0.1) is 5.82 Å². The highest BCUT2D eigenvalue weighted by molar-refractivity contribution is 7.90. The first-order valence-electron chi connectivity index (χ1n) is 9.60. The summed E-state index contributed by atoms with van der Waals surface area (Å²) in [5.74, 6) is -0.121. The number of carbonyl (C=O) groups excluding carboxylic acids is 1. The molecule has 1 fully saturated rings. The fraction of sp³-hybridized carbons (Fsp3) is 0.333. The van der Waals surface area contributed by atoms with E-state index in [-0.39, 0.29) is 28.7 Å². The summed E-state index contributed by atoms with van der Waals surface area (Å²) in [5.41, 5.74) is 1.51. The van der Waals surface area contributed by atoms with Crippen molar-refractivity contribution in [3.63, 3.8) is 0 Å². The van der Waals surface area contributed by atoms with Crippen LogP contribution in [-0.2, 0) is 16.6 Å². The van der Waals surface area contributed by atoms with Gasteiger partial charge in [0, 0.05) is 32.1 Å². The third-order valence-electron chi connectivity index (χ3n) is 5.25. The number of amides is 1. The van der Waals surface area contributed by atoms with Gasteiger partial charge in [0.05, 0.1) is 5.69 Å². The number of carbonyl (C=O) groups is 1. The number of fused-ring (bicyclic) bond motifs is 3. The normalized spacial score (nSPS) is 17.6. The average Bonchev–Trinajstić information content (AvgIpc) is 2.92. The molecule has 0 radical (unpaired) electrons. The van der Waals surface area contributed by atoms with Gasteiger partial charge >= 0.3 is 0 Å². The molecular formula is C21H22FN3O3S. The summed E-state index contributed by atoms with van der Waals surface area (Å²) in [7, 11) is -2.25. The zero-order chi connectivity index (χ0) is 20.6. The Bertz CT molecular complexity index is 1100. The van der Waals surface area contributed by atoms with E-state index >= 15 is 0 Å². The van der Waals surface area contributed by atoms with E-state index in [0.717, 1.165) is 19.3 Å². The Morgan fingerprint density at radius 1 is 1.17 bits per heavy atom. The first-order chi connectivity index (χ1) is 13.8. The van der Waals surface area contributed by atoms with Gasteiger partial charge in [0.2, 0.25) is 0 Å². The topological polar surface area (TPSA) is 70.0 Å². The van der Waals surface area contributed by atoms with Crippen LogP contribution in [0.3, 0.4) is 0 Å². The number of hydrogen-bond acceptors (Lipinski definition) is 4. The lowest BCUT2D eigenvalue weighted by Crippen LogP contribution is -2.35. The van der Waals surface area contributed by atoms with Crippen molar-refractivity contribution >= 4 is 27.5 Å². The van der Waals surface area contributed by atoms with Crippen LogP contribution in [0.1, 0.15) is 41.6 Å². The molecule has 8 heteroatoms. The quantitative estimate of drug-likeness (QED) is 0.768. The van der Waals surface area contributed by atoms with E-state index in [1.54, 1.807) is 31.3 Å².